The number of hydrogen-bond donors (Lipinski definition) is 0. The molecule has 0 radical (unpaired) electrons. The highest BCUT2D eigenvalue weighted by Crippen LogP contribution is 2.38. The Morgan fingerprint density at radius 2 is 1.42 bits per heavy atom. The van der Waals surface area contributed by atoms with Gasteiger partial charge in [-0.15, -0.1) is 0 Å². The Labute approximate surface area is 157 Å². The summed E-state index contributed by atoms with van der Waals surface area (Å²) in [6.07, 6.45) is 0.753. The molecule has 1 fully saturated rings. The molecule has 0 atom stereocenters. The first kappa shape index (κ1) is 19.0. The normalized spacial score (nSPS) is 18.2. The van der Waals surface area contributed by atoms with Gasteiger partial charge in [-0.25, -0.2) is 0 Å². The first-order valence-corrected chi connectivity index (χ1v) is 9.30. The highest BCUT2D eigenvalue weighted by Gasteiger charge is 2.50. The van der Waals surface area contributed by atoms with Gasteiger partial charge < -0.3 is 14.0 Å². The van der Waals surface area contributed by atoms with Crippen LogP contribution in [0.5, 0.6) is 5.75 Å². The highest BCUT2D eigenvalue weighted by molar-refractivity contribution is 6.45. The highest BCUT2D eigenvalue weighted by atomic mass is 16.7. The van der Waals surface area contributed by atoms with Gasteiger partial charge in [-0.2, -0.15) is 0 Å². The Bertz CT molecular complexity index is 729. The van der Waals surface area contributed by atoms with Gasteiger partial charge in [0.1, 0.15) is 12.4 Å². The van der Waals surface area contributed by atoms with Crippen LogP contribution in [0.3, 0.4) is 0 Å². The first-order chi connectivity index (χ1) is 12.2. The molecule has 2 aromatic carbocycles. The second kappa shape index (κ2) is 7.09. The lowest BCUT2D eigenvalue weighted by molar-refractivity contribution is 0.00578. The maximum absolute atomic E-state index is 6.16. The summed E-state index contributed by atoms with van der Waals surface area (Å²) < 4.78 is 18.3. The van der Waals surface area contributed by atoms with Gasteiger partial charge in [0.2, 0.25) is 0 Å². The largest absolute Gasteiger partial charge is 0.489 e. The van der Waals surface area contributed by atoms with E-state index >= 15 is 0 Å². The van der Waals surface area contributed by atoms with E-state index in [9.17, 15) is 0 Å². The van der Waals surface area contributed by atoms with E-state index in [4.69, 9.17) is 14.0 Å². The second-order valence-electron chi connectivity index (χ2n) is 8.20. The zero-order valence-electron chi connectivity index (χ0n) is 16.8. The van der Waals surface area contributed by atoms with Crippen molar-refractivity contribution < 1.29 is 14.0 Å². The minimum atomic E-state index is -0.293. The summed E-state index contributed by atoms with van der Waals surface area (Å²) in [5.41, 5.74) is 4.28. The van der Waals surface area contributed by atoms with Crippen molar-refractivity contribution in [3.8, 4) is 5.75 Å². The lowest BCUT2D eigenvalue weighted by Gasteiger charge is -2.32. The van der Waals surface area contributed by atoms with E-state index in [1.165, 1.54) is 22.3 Å². The van der Waals surface area contributed by atoms with Crippen molar-refractivity contribution >= 4 is 7.12 Å². The van der Waals surface area contributed by atoms with E-state index in [0.29, 0.717) is 6.61 Å². The van der Waals surface area contributed by atoms with Gasteiger partial charge in [-0.3, -0.25) is 0 Å². The summed E-state index contributed by atoms with van der Waals surface area (Å²) in [6, 6.07) is 14.4. The molecule has 0 unspecified atom stereocenters. The van der Waals surface area contributed by atoms with Crippen molar-refractivity contribution in [3.05, 3.63) is 64.7 Å². The van der Waals surface area contributed by atoms with Crippen LogP contribution in [-0.4, -0.2) is 18.3 Å². The standard InChI is InChI=1S/C22H29BO3/c1-16-12-19(24-15-18-10-8-7-9-11-18)13-17(2)20(16)14-23-25-21(3,4)22(5,6)26-23/h7-13H,14-15H2,1-6H3. The summed E-state index contributed by atoms with van der Waals surface area (Å²) in [5, 5.41) is 0. The number of rotatable bonds is 5. The van der Waals surface area contributed by atoms with Crippen molar-refractivity contribution in [3.63, 3.8) is 0 Å². The van der Waals surface area contributed by atoms with Crippen molar-refractivity contribution in [2.24, 2.45) is 0 Å². The van der Waals surface area contributed by atoms with Crippen LogP contribution in [0.15, 0.2) is 42.5 Å². The van der Waals surface area contributed by atoms with Gasteiger partial charge in [0.15, 0.2) is 0 Å². The Hall–Kier alpha value is -1.78. The second-order valence-corrected chi connectivity index (χ2v) is 8.20. The Morgan fingerprint density at radius 3 is 1.96 bits per heavy atom. The monoisotopic (exact) mass is 352 g/mol. The molecule has 3 rings (SSSR count). The molecule has 26 heavy (non-hydrogen) atoms. The SMILES string of the molecule is Cc1cc(OCc2ccccc2)cc(C)c1CB1OC(C)(C)C(C)(C)O1. The van der Waals surface area contributed by atoms with Crippen LogP contribution in [-0.2, 0) is 22.2 Å². The predicted molar refractivity (Wildman–Crippen MR) is 106 cm³/mol. The van der Waals surface area contributed by atoms with E-state index in [2.05, 4.69) is 65.8 Å². The fourth-order valence-electron chi connectivity index (χ4n) is 3.31. The third-order valence-corrected chi connectivity index (χ3v) is 5.59. The van der Waals surface area contributed by atoms with Crippen molar-refractivity contribution in [2.45, 2.75) is 65.7 Å². The number of benzene rings is 2. The van der Waals surface area contributed by atoms with Crippen LogP contribution in [0.1, 0.15) is 49.9 Å². The molecule has 3 nitrogen and oxygen atoms in total. The molecule has 0 aliphatic carbocycles. The third-order valence-electron chi connectivity index (χ3n) is 5.59. The van der Waals surface area contributed by atoms with Gasteiger partial charge in [-0.05, 0) is 75.9 Å². The summed E-state index contributed by atoms with van der Waals surface area (Å²) in [6.45, 7) is 13.2. The number of aryl methyl sites for hydroxylation is 2. The van der Waals surface area contributed by atoms with Crippen molar-refractivity contribution in [1.82, 2.24) is 0 Å². The molecule has 0 saturated carbocycles. The molecule has 0 spiro atoms. The van der Waals surface area contributed by atoms with E-state index in [1.54, 1.807) is 0 Å². The minimum Gasteiger partial charge on any atom is -0.489 e. The smallest absolute Gasteiger partial charge is 0.462 e. The molecule has 1 aliphatic heterocycles. The Balaban J connectivity index is 1.70. The van der Waals surface area contributed by atoms with E-state index in [0.717, 1.165) is 12.1 Å². The third kappa shape index (κ3) is 3.97. The van der Waals surface area contributed by atoms with E-state index in [-0.39, 0.29) is 18.3 Å². The fraction of sp³-hybridized carbons (Fsp3) is 0.455. The fourth-order valence-corrected chi connectivity index (χ4v) is 3.31. The molecule has 0 amide bonds. The number of hydrogen-bond acceptors (Lipinski definition) is 3. The van der Waals surface area contributed by atoms with Crippen LogP contribution in [0, 0.1) is 13.8 Å². The molecule has 0 aromatic heterocycles. The lowest BCUT2D eigenvalue weighted by Crippen LogP contribution is -2.41. The number of ether oxygens (including phenoxy) is 1. The molecular weight excluding hydrogens is 323 g/mol. The quantitative estimate of drug-likeness (QED) is 0.705. The van der Waals surface area contributed by atoms with Crippen molar-refractivity contribution in [1.29, 1.82) is 0 Å². The zero-order chi connectivity index (χ0) is 18.9. The molecule has 0 N–H and O–H groups in total. The summed E-state index contributed by atoms with van der Waals surface area (Å²) in [4.78, 5) is 0. The maximum atomic E-state index is 6.16. The van der Waals surface area contributed by atoms with E-state index < -0.39 is 0 Å². The predicted octanol–water partition coefficient (Wildman–Crippen LogP) is 5.06. The summed E-state index contributed by atoms with van der Waals surface area (Å²) in [7, 11) is -0.214. The molecule has 4 heteroatoms. The molecule has 1 heterocycles. The maximum Gasteiger partial charge on any atom is 0.462 e. The topological polar surface area (TPSA) is 27.7 Å². The molecular formula is C22H29BO3. The van der Waals surface area contributed by atoms with Gasteiger partial charge in [0.05, 0.1) is 11.2 Å². The van der Waals surface area contributed by atoms with Crippen LogP contribution in [0.25, 0.3) is 0 Å². The molecule has 0 bridgehead atoms. The summed E-state index contributed by atoms with van der Waals surface area (Å²) >= 11 is 0. The van der Waals surface area contributed by atoms with Gasteiger partial charge in [-0.1, -0.05) is 30.3 Å². The van der Waals surface area contributed by atoms with E-state index in [1.807, 2.05) is 18.2 Å². The summed E-state index contributed by atoms with van der Waals surface area (Å²) in [5.74, 6) is 0.904. The first-order valence-electron chi connectivity index (χ1n) is 9.30. The van der Waals surface area contributed by atoms with Crippen LogP contribution < -0.4 is 4.74 Å². The average molecular weight is 352 g/mol. The molecule has 1 saturated heterocycles. The average Bonchev–Trinajstić information content (AvgIpc) is 2.77. The Morgan fingerprint density at radius 1 is 0.885 bits per heavy atom. The molecule has 2 aromatic rings. The molecule has 138 valence electrons. The molecule has 1 aliphatic rings. The van der Waals surface area contributed by atoms with Crippen LogP contribution in [0.2, 0.25) is 0 Å². The van der Waals surface area contributed by atoms with Gasteiger partial charge in [0.25, 0.3) is 0 Å². The zero-order valence-corrected chi connectivity index (χ0v) is 16.8. The van der Waals surface area contributed by atoms with Gasteiger partial charge >= 0.3 is 7.12 Å². The van der Waals surface area contributed by atoms with Crippen molar-refractivity contribution in [2.75, 3.05) is 0 Å². The Kier molecular flexibility index (Phi) is 5.18. The minimum absolute atomic E-state index is 0.214. The van der Waals surface area contributed by atoms with Crippen LogP contribution >= 0.6 is 0 Å². The van der Waals surface area contributed by atoms with Gasteiger partial charge in [0, 0.05) is 6.32 Å². The lowest BCUT2D eigenvalue weighted by atomic mass is 9.78. The van der Waals surface area contributed by atoms with Crippen LogP contribution in [0.4, 0.5) is 0 Å².